The third-order valence-corrected chi connectivity index (χ3v) is 4.29. The summed E-state index contributed by atoms with van der Waals surface area (Å²) in [6.07, 6.45) is -0.638. The lowest BCUT2D eigenvalue weighted by Crippen LogP contribution is -2.46. The molecule has 11 nitrogen and oxygen atoms in total. The van der Waals surface area contributed by atoms with Crippen molar-refractivity contribution >= 4 is 29.8 Å². The molecule has 2 heterocycles. The number of nitrogens with zero attached hydrogens (tertiary/aromatic N) is 2. The largest absolute Gasteiger partial charge is 0.444 e. The first-order chi connectivity index (χ1) is 13.5. The number of imide groups is 1. The van der Waals surface area contributed by atoms with Gasteiger partial charge in [-0.05, 0) is 20.8 Å². The van der Waals surface area contributed by atoms with E-state index in [-0.39, 0.29) is 44.7 Å². The van der Waals surface area contributed by atoms with Crippen LogP contribution in [0.1, 0.15) is 46.5 Å². The number of rotatable bonds is 6. The Kier molecular flexibility index (Phi) is 7.17. The Hall–Kier alpha value is -2.69. The Morgan fingerprint density at radius 2 is 1.76 bits per heavy atom. The highest BCUT2D eigenvalue weighted by molar-refractivity contribution is 6.02. The topological polar surface area (TPSA) is 132 Å². The number of likely N-dealkylation sites (tertiary alicyclic amines) is 1. The molecule has 29 heavy (non-hydrogen) atoms. The fraction of sp³-hybridized carbons (Fsp3) is 0.722. The minimum absolute atomic E-state index is 0.0231. The van der Waals surface area contributed by atoms with Crippen molar-refractivity contribution in [2.75, 3.05) is 20.3 Å². The summed E-state index contributed by atoms with van der Waals surface area (Å²) < 4.78 is 10.2. The van der Waals surface area contributed by atoms with Gasteiger partial charge in [0, 0.05) is 45.4 Å². The molecule has 4 amide bonds. The second-order valence-corrected chi connectivity index (χ2v) is 7.88. The van der Waals surface area contributed by atoms with Gasteiger partial charge in [0.25, 0.3) is 11.8 Å². The van der Waals surface area contributed by atoms with Crippen molar-refractivity contribution in [3.63, 3.8) is 0 Å². The van der Waals surface area contributed by atoms with Crippen LogP contribution in [0.3, 0.4) is 0 Å². The van der Waals surface area contributed by atoms with Crippen LogP contribution in [0.2, 0.25) is 0 Å². The van der Waals surface area contributed by atoms with E-state index in [1.807, 2.05) is 0 Å². The zero-order valence-corrected chi connectivity index (χ0v) is 17.1. The molecule has 2 aliphatic heterocycles. The number of hydrogen-bond donors (Lipinski definition) is 1. The first-order valence-corrected chi connectivity index (χ1v) is 9.37. The second kappa shape index (κ2) is 9.21. The van der Waals surface area contributed by atoms with Gasteiger partial charge in [0.2, 0.25) is 5.91 Å². The van der Waals surface area contributed by atoms with Crippen molar-refractivity contribution in [3.8, 4) is 0 Å². The Balaban J connectivity index is 2.10. The Bertz CT molecular complexity index is 671. The molecule has 0 unspecified atom stereocenters. The summed E-state index contributed by atoms with van der Waals surface area (Å²) in [6, 6.07) is -1.63. The summed E-state index contributed by atoms with van der Waals surface area (Å²) in [5.41, 5.74) is -0.799. The van der Waals surface area contributed by atoms with Crippen molar-refractivity contribution in [1.82, 2.24) is 15.3 Å². The van der Waals surface area contributed by atoms with E-state index in [1.165, 1.54) is 7.11 Å². The number of hydroxylamine groups is 2. The minimum atomic E-state index is -1.11. The van der Waals surface area contributed by atoms with Gasteiger partial charge in [0.15, 0.2) is 0 Å². The molecule has 2 atom stereocenters. The normalized spacial score (nSPS) is 22.1. The lowest BCUT2D eigenvalue weighted by molar-refractivity contribution is -0.200. The van der Waals surface area contributed by atoms with E-state index < -0.39 is 41.6 Å². The maximum atomic E-state index is 12.6. The fourth-order valence-electron chi connectivity index (χ4n) is 2.99. The van der Waals surface area contributed by atoms with Crippen molar-refractivity contribution in [1.29, 1.82) is 0 Å². The average Bonchev–Trinajstić information content (AvgIpc) is 3.17. The zero-order chi connectivity index (χ0) is 21.8. The predicted octanol–water partition coefficient (Wildman–Crippen LogP) is 0.124. The highest BCUT2D eigenvalue weighted by Gasteiger charge is 2.45. The SMILES string of the molecule is COCCC(=O)N[C@H]1C[C@H](C(=O)ON2C(=O)CCC2=O)N(C(=O)OC(C)(C)C)C1. The zero-order valence-electron chi connectivity index (χ0n) is 17.1. The minimum Gasteiger partial charge on any atom is -0.444 e. The maximum absolute atomic E-state index is 12.6. The lowest BCUT2D eigenvalue weighted by atomic mass is 10.1. The van der Waals surface area contributed by atoms with Crippen LogP contribution in [0.4, 0.5) is 4.79 Å². The number of nitrogens with one attached hydrogen (secondary N) is 1. The van der Waals surface area contributed by atoms with Gasteiger partial charge in [0.1, 0.15) is 11.6 Å². The van der Waals surface area contributed by atoms with Gasteiger partial charge < -0.3 is 19.6 Å². The summed E-state index contributed by atoms with van der Waals surface area (Å²) >= 11 is 0. The third-order valence-electron chi connectivity index (χ3n) is 4.29. The molecule has 0 saturated carbocycles. The van der Waals surface area contributed by atoms with Gasteiger partial charge in [-0.2, -0.15) is 0 Å². The van der Waals surface area contributed by atoms with E-state index in [1.54, 1.807) is 20.8 Å². The first-order valence-electron chi connectivity index (χ1n) is 9.37. The van der Waals surface area contributed by atoms with Crippen LogP contribution in [0, 0.1) is 0 Å². The lowest BCUT2D eigenvalue weighted by Gasteiger charge is -2.27. The van der Waals surface area contributed by atoms with Crippen LogP contribution in [0.5, 0.6) is 0 Å². The van der Waals surface area contributed by atoms with Gasteiger partial charge in [-0.1, -0.05) is 0 Å². The van der Waals surface area contributed by atoms with Gasteiger partial charge in [-0.15, -0.1) is 5.06 Å². The molecule has 0 radical (unpaired) electrons. The second-order valence-electron chi connectivity index (χ2n) is 7.88. The number of methoxy groups -OCH3 is 1. The van der Waals surface area contributed by atoms with E-state index >= 15 is 0 Å². The Morgan fingerprint density at radius 1 is 1.14 bits per heavy atom. The number of hydrogen-bond acceptors (Lipinski definition) is 8. The fourth-order valence-corrected chi connectivity index (χ4v) is 2.99. The molecule has 1 N–H and O–H groups in total. The van der Waals surface area contributed by atoms with Gasteiger partial charge in [-0.3, -0.25) is 19.3 Å². The van der Waals surface area contributed by atoms with Crippen LogP contribution in [-0.4, -0.2) is 77.7 Å². The van der Waals surface area contributed by atoms with E-state index in [9.17, 15) is 24.0 Å². The molecule has 0 aromatic rings. The van der Waals surface area contributed by atoms with Gasteiger partial charge >= 0.3 is 12.1 Å². The van der Waals surface area contributed by atoms with Gasteiger partial charge in [0.05, 0.1) is 6.61 Å². The molecule has 0 aromatic carbocycles. The maximum Gasteiger partial charge on any atom is 0.411 e. The van der Waals surface area contributed by atoms with Crippen molar-refractivity contribution in [3.05, 3.63) is 0 Å². The van der Waals surface area contributed by atoms with E-state index in [4.69, 9.17) is 14.3 Å². The molecule has 2 fully saturated rings. The molecule has 0 spiro atoms. The van der Waals surface area contributed by atoms with Gasteiger partial charge in [-0.25, -0.2) is 9.59 Å². The molecular formula is C18H27N3O8. The predicted molar refractivity (Wildman–Crippen MR) is 96.9 cm³/mol. The van der Waals surface area contributed by atoms with Crippen LogP contribution >= 0.6 is 0 Å². The smallest absolute Gasteiger partial charge is 0.411 e. The first kappa shape index (κ1) is 22.6. The highest BCUT2D eigenvalue weighted by Crippen LogP contribution is 2.24. The number of carbonyl (C=O) groups is 5. The van der Waals surface area contributed by atoms with Crippen molar-refractivity contribution in [2.24, 2.45) is 0 Å². The van der Waals surface area contributed by atoms with Crippen LogP contribution < -0.4 is 5.32 Å². The summed E-state index contributed by atoms with van der Waals surface area (Å²) in [4.78, 5) is 66.7. The Labute approximate surface area is 168 Å². The van der Waals surface area contributed by atoms with Crippen LogP contribution in [0.15, 0.2) is 0 Å². The van der Waals surface area contributed by atoms with E-state index in [2.05, 4.69) is 5.32 Å². The van der Waals surface area contributed by atoms with Crippen molar-refractivity contribution in [2.45, 2.75) is 64.1 Å². The average molecular weight is 413 g/mol. The summed E-state index contributed by atoms with van der Waals surface area (Å²) in [5, 5.41) is 3.16. The molecule has 0 aromatic heterocycles. The molecule has 0 bridgehead atoms. The third kappa shape index (κ3) is 6.14. The molecular weight excluding hydrogens is 386 g/mol. The molecule has 2 saturated heterocycles. The number of amides is 4. The molecule has 0 aliphatic carbocycles. The molecule has 2 aliphatic rings. The highest BCUT2D eigenvalue weighted by atomic mass is 16.7. The molecule has 162 valence electrons. The monoisotopic (exact) mass is 413 g/mol. The van der Waals surface area contributed by atoms with Crippen LogP contribution in [-0.2, 0) is 33.5 Å². The summed E-state index contributed by atoms with van der Waals surface area (Å²) in [5.74, 6) is -2.46. The van der Waals surface area contributed by atoms with E-state index in [0.29, 0.717) is 5.06 Å². The Morgan fingerprint density at radius 3 is 2.31 bits per heavy atom. The van der Waals surface area contributed by atoms with Crippen LogP contribution in [0.25, 0.3) is 0 Å². The summed E-state index contributed by atoms with van der Waals surface area (Å²) in [7, 11) is 1.47. The van der Waals surface area contributed by atoms with Crippen molar-refractivity contribution < 1.29 is 38.3 Å². The summed E-state index contributed by atoms with van der Waals surface area (Å²) in [6.45, 7) is 5.30. The molecule has 2 rings (SSSR count). The quantitative estimate of drug-likeness (QED) is 0.608. The molecule has 11 heteroatoms. The standard InChI is InChI=1S/C18H27N3O8/c1-18(2,3)28-17(26)20-10-11(19-13(22)7-8-27-4)9-12(20)16(25)29-21-14(23)5-6-15(21)24/h11-12H,5-10H2,1-4H3,(H,19,22)/t11-,12+/m0/s1. The van der Waals surface area contributed by atoms with E-state index in [0.717, 1.165) is 4.90 Å². The number of ether oxygens (including phenoxy) is 2. The number of carbonyl (C=O) groups excluding carboxylic acids is 5.